The van der Waals surface area contributed by atoms with Gasteiger partial charge in [-0.15, -0.1) is 0 Å². The molecule has 0 fully saturated rings. The number of aromatic amines is 1. The van der Waals surface area contributed by atoms with E-state index in [4.69, 9.17) is 11.6 Å². The van der Waals surface area contributed by atoms with Crippen LogP contribution in [0.25, 0.3) is 10.8 Å². The molecule has 56 valence electrons. The van der Waals surface area contributed by atoms with Crippen LogP contribution in [0.3, 0.4) is 0 Å². The molecule has 4 nitrogen and oxygen atoms in total. The van der Waals surface area contributed by atoms with Crippen molar-refractivity contribution < 1.29 is 0 Å². The molecule has 2 aromatic heterocycles. The monoisotopic (exact) mass is 186 g/mol. The van der Waals surface area contributed by atoms with Gasteiger partial charge in [-0.05, 0) is 0 Å². The fourth-order valence-electron chi connectivity index (χ4n) is 0.672. The topological polar surface area (TPSA) is 54.5 Å². The van der Waals surface area contributed by atoms with E-state index in [-0.39, 0.29) is 0 Å². The van der Waals surface area contributed by atoms with Crippen LogP contribution >= 0.6 is 22.9 Å². The molecule has 2 rings (SSSR count). The summed E-state index contributed by atoms with van der Waals surface area (Å²) in [6.45, 7) is 0. The molecular formula is C5H3ClN4S. The van der Waals surface area contributed by atoms with Gasteiger partial charge in [0, 0.05) is 0 Å². The second-order valence-corrected chi connectivity index (χ2v) is 3.47. The van der Waals surface area contributed by atoms with Gasteiger partial charge in [0.1, 0.15) is 10.7 Å². The fraction of sp³-hybridized carbons (Fsp3) is 0. The SMILES string of the molecule is Clc1cnc(-c2ncn[nH]2)s1. The molecule has 0 atom stereocenters. The van der Waals surface area contributed by atoms with E-state index in [0.29, 0.717) is 10.2 Å². The number of hydrogen-bond donors (Lipinski definition) is 1. The van der Waals surface area contributed by atoms with Gasteiger partial charge in [-0.2, -0.15) is 5.10 Å². The van der Waals surface area contributed by atoms with Crippen LogP contribution in [-0.2, 0) is 0 Å². The van der Waals surface area contributed by atoms with Gasteiger partial charge < -0.3 is 0 Å². The van der Waals surface area contributed by atoms with Crippen LogP contribution in [-0.4, -0.2) is 20.2 Å². The molecule has 0 aromatic carbocycles. The molecule has 0 radical (unpaired) electrons. The summed E-state index contributed by atoms with van der Waals surface area (Å²) in [4.78, 5) is 7.93. The number of rotatable bonds is 1. The number of nitrogens with one attached hydrogen (secondary N) is 1. The lowest BCUT2D eigenvalue weighted by Crippen LogP contribution is -1.76. The summed E-state index contributed by atoms with van der Waals surface area (Å²) in [5, 5.41) is 7.15. The van der Waals surface area contributed by atoms with Crippen molar-refractivity contribution in [2.45, 2.75) is 0 Å². The predicted molar refractivity (Wildman–Crippen MR) is 42.5 cm³/mol. The van der Waals surface area contributed by atoms with Gasteiger partial charge in [0.2, 0.25) is 0 Å². The molecule has 0 aliphatic rings. The number of hydrogen-bond acceptors (Lipinski definition) is 4. The standard InChI is InChI=1S/C5H3ClN4S/c6-3-1-7-5(11-3)4-8-2-9-10-4/h1-2H,(H,8,9,10). The Balaban J connectivity index is 2.45. The number of nitrogens with zero attached hydrogens (tertiary/aromatic N) is 3. The Bertz CT molecular complexity index is 341. The maximum atomic E-state index is 5.67. The summed E-state index contributed by atoms with van der Waals surface area (Å²) in [6, 6.07) is 0. The van der Waals surface area contributed by atoms with Gasteiger partial charge in [0.25, 0.3) is 0 Å². The van der Waals surface area contributed by atoms with Crippen molar-refractivity contribution >= 4 is 22.9 Å². The molecule has 6 heteroatoms. The highest BCUT2D eigenvalue weighted by Gasteiger charge is 2.04. The third-order valence-corrected chi connectivity index (χ3v) is 2.22. The second-order valence-electron chi connectivity index (χ2n) is 1.80. The Morgan fingerprint density at radius 1 is 1.45 bits per heavy atom. The summed E-state index contributed by atoms with van der Waals surface area (Å²) >= 11 is 7.04. The molecule has 11 heavy (non-hydrogen) atoms. The minimum absolute atomic E-state index is 0.649. The van der Waals surface area contributed by atoms with E-state index in [1.54, 1.807) is 6.20 Å². The van der Waals surface area contributed by atoms with E-state index >= 15 is 0 Å². The average Bonchev–Trinajstić information content (AvgIpc) is 2.55. The number of thiazole rings is 1. The minimum Gasteiger partial charge on any atom is -0.257 e. The van der Waals surface area contributed by atoms with Gasteiger partial charge >= 0.3 is 0 Å². The predicted octanol–water partition coefficient (Wildman–Crippen LogP) is 1.58. The van der Waals surface area contributed by atoms with E-state index in [0.717, 1.165) is 5.01 Å². The first kappa shape index (κ1) is 6.75. The molecule has 0 bridgehead atoms. The lowest BCUT2D eigenvalue weighted by Gasteiger charge is -1.82. The highest BCUT2D eigenvalue weighted by Crippen LogP contribution is 2.24. The molecule has 2 aromatic rings. The molecule has 0 saturated heterocycles. The molecule has 0 aliphatic carbocycles. The van der Waals surface area contributed by atoms with E-state index < -0.39 is 0 Å². The van der Waals surface area contributed by atoms with Crippen LogP contribution in [0.15, 0.2) is 12.5 Å². The maximum absolute atomic E-state index is 5.67. The van der Waals surface area contributed by atoms with Gasteiger partial charge in [-0.25, -0.2) is 9.97 Å². The van der Waals surface area contributed by atoms with Crippen molar-refractivity contribution in [2.24, 2.45) is 0 Å². The number of aromatic nitrogens is 4. The van der Waals surface area contributed by atoms with Crippen molar-refractivity contribution in [1.29, 1.82) is 0 Å². The highest BCUT2D eigenvalue weighted by molar-refractivity contribution is 7.18. The van der Waals surface area contributed by atoms with Crippen LogP contribution in [0, 0.1) is 0 Å². The van der Waals surface area contributed by atoms with Crippen molar-refractivity contribution in [2.75, 3.05) is 0 Å². The number of H-pyrrole nitrogens is 1. The Morgan fingerprint density at radius 2 is 2.36 bits per heavy atom. The van der Waals surface area contributed by atoms with Gasteiger partial charge in [-0.1, -0.05) is 22.9 Å². The summed E-state index contributed by atoms with van der Waals surface area (Å²) in [7, 11) is 0. The van der Waals surface area contributed by atoms with Crippen LogP contribution in [0.2, 0.25) is 4.34 Å². The fourth-order valence-corrected chi connectivity index (χ4v) is 1.53. The van der Waals surface area contributed by atoms with Crippen LogP contribution < -0.4 is 0 Å². The first-order chi connectivity index (χ1) is 5.36. The Morgan fingerprint density at radius 3 is 2.91 bits per heavy atom. The van der Waals surface area contributed by atoms with Gasteiger partial charge in [0.05, 0.1) is 6.20 Å². The van der Waals surface area contributed by atoms with Gasteiger partial charge in [0.15, 0.2) is 10.8 Å². The van der Waals surface area contributed by atoms with Crippen LogP contribution in [0.4, 0.5) is 0 Å². The van der Waals surface area contributed by atoms with Crippen LogP contribution in [0.1, 0.15) is 0 Å². The molecule has 0 unspecified atom stereocenters. The van der Waals surface area contributed by atoms with Crippen molar-refractivity contribution in [3.63, 3.8) is 0 Å². The molecular weight excluding hydrogens is 184 g/mol. The van der Waals surface area contributed by atoms with E-state index in [1.807, 2.05) is 0 Å². The zero-order valence-corrected chi connectivity index (χ0v) is 6.85. The molecule has 0 saturated carbocycles. The molecule has 1 N–H and O–H groups in total. The lowest BCUT2D eigenvalue weighted by atomic mass is 10.7. The lowest BCUT2D eigenvalue weighted by molar-refractivity contribution is 1.09. The zero-order chi connectivity index (χ0) is 7.68. The second kappa shape index (κ2) is 2.60. The summed E-state index contributed by atoms with van der Waals surface area (Å²) < 4.78 is 0.649. The highest BCUT2D eigenvalue weighted by atomic mass is 35.5. The van der Waals surface area contributed by atoms with Crippen LogP contribution in [0.5, 0.6) is 0 Å². The minimum atomic E-state index is 0.649. The molecule has 2 heterocycles. The summed E-state index contributed by atoms with van der Waals surface area (Å²) in [5.74, 6) is 0.655. The first-order valence-electron chi connectivity index (χ1n) is 2.83. The normalized spacial score (nSPS) is 10.3. The van der Waals surface area contributed by atoms with E-state index in [9.17, 15) is 0 Å². The Kier molecular flexibility index (Phi) is 1.59. The Labute approximate surface area is 71.3 Å². The van der Waals surface area contributed by atoms with Crippen molar-refractivity contribution in [3.8, 4) is 10.8 Å². The number of halogens is 1. The third kappa shape index (κ3) is 1.24. The van der Waals surface area contributed by atoms with Crippen molar-refractivity contribution in [3.05, 3.63) is 16.9 Å². The third-order valence-electron chi connectivity index (χ3n) is 1.10. The Hall–Kier alpha value is -0.940. The molecule has 0 amide bonds. The average molecular weight is 187 g/mol. The van der Waals surface area contributed by atoms with Crippen molar-refractivity contribution in [1.82, 2.24) is 20.2 Å². The smallest absolute Gasteiger partial charge is 0.184 e. The zero-order valence-electron chi connectivity index (χ0n) is 5.28. The van der Waals surface area contributed by atoms with E-state index in [1.165, 1.54) is 17.7 Å². The molecule has 0 spiro atoms. The van der Waals surface area contributed by atoms with Gasteiger partial charge in [-0.3, -0.25) is 5.10 Å². The van der Waals surface area contributed by atoms with E-state index in [2.05, 4.69) is 20.2 Å². The summed E-state index contributed by atoms with van der Waals surface area (Å²) in [5.41, 5.74) is 0. The first-order valence-corrected chi connectivity index (χ1v) is 4.03. The molecule has 0 aliphatic heterocycles. The summed E-state index contributed by atoms with van der Waals surface area (Å²) in [6.07, 6.45) is 3.02. The quantitative estimate of drug-likeness (QED) is 0.736. The largest absolute Gasteiger partial charge is 0.257 e. The maximum Gasteiger partial charge on any atom is 0.184 e.